The number of carbonyl (C=O) groups excluding carboxylic acids is 1. The molecule has 160 valence electrons. The Kier molecular flexibility index (Phi) is 7.36. The lowest BCUT2D eigenvalue weighted by Crippen LogP contribution is -2.46. The highest BCUT2D eigenvalue weighted by Crippen LogP contribution is 2.40. The van der Waals surface area contributed by atoms with E-state index in [1.165, 1.54) is 11.1 Å². The summed E-state index contributed by atoms with van der Waals surface area (Å²) in [5.74, 6) is 0.302. The summed E-state index contributed by atoms with van der Waals surface area (Å²) < 4.78 is -0.253. The molecule has 2 saturated heterocycles. The average Bonchev–Trinajstić information content (AvgIpc) is 3.19. The first-order chi connectivity index (χ1) is 13.5. The second-order valence-electron chi connectivity index (χ2n) is 8.24. The van der Waals surface area contributed by atoms with Gasteiger partial charge in [0, 0.05) is 49.7 Å². The predicted molar refractivity (Wildman–Crippen MR) is 128 cm³/mol. The van der Waals surface area contributed by atoms with Crippen molar-refractivity contribution in [3.05, 3.63) is 23.7 Å². The summed E-state index contributed by atoms with van der Waals surface area (Å²) in [6.07, 6.45) is 4.12. The monoisotopic (exact) mass is 454 g/mol. The molecule has 4 heterocycles. The summed E-state index contributed by atoms with van der Waals surface area (Å²) in [4.78, 5) is 25.2. The Morgan fingerprint density at radius 3 is 2.59 bits per heavy atom. The Balaban J connectivity index is 0.00000240. The van der Waals surface area contributed by atoms with Crippen molar-refractivity contribution in [1.82, 2.24) is 14.8 Å². The van der Waals surface area contributed by atoms with Crippen LogP contribution in [0.4, 0.5) is 5.69 Å². The molecule has 0 aliphatic carbocycles. The van der Waals surface area contributed by atoms with E-state index >= 15 is 0 Å². The molecule has 2 aliphatic rings. The number of piperazine rings is 1. The molecule has 1 atom stereocenters. The smallest absolute Gasteiger partial charge is 0.239 e. The number of fused-ring (bicyclic) bond motifs is 1. The van der Waals surface area contributed by atoms with Crippen LogP contribution in [0.3, 0.4) is 0 Å². The molecule has 0 saturated carbocycles. The zero-order chi connectivity index (χ0) is 19.7. The van der Waals surface area contributed by atoms with Crippen LogP contribution < -0.4 is 4.90 Å². The van der Waals surface area contributed by atoms with E-state index in [9.17, 15) is 4.79 Å². The maximum Gasteiger partial charge on any atom is 0.239 e. The number of nitrogens with zero attached hydrogens (tertiary/aromatic N) is 4. The van der Waals surface area contributed by atoms with E-state index < -0.39 is 0 Å². The van der Waals surface area contributed by atoms with Crippen molar-refractivity contribution in [2.24, 2.45) is 0 Å². The average molecular weight is 455 g/mol. The lowest BCUT2D eigenvalue weighted by Gasteiger charge is -2.36. The number of pyridine rings is 1. The van der Waals surface area contributed by atoms with Gasteiger partial charge in [-0.25, -0.2) is 4.98 Å². The van der Waals surface area contributed by atoms with Gasteiger partial charge in [0.25, 0.3) is 0 Å². The zero-order valence-corrected chi connectivity index (χ0v) is 19.9. The van der Waals surface area contributed by atoms with Gasteiger partial charge in [-0.3, -0.25) is 9.69 Å². The van der Waals surface area contributed by atoms with E-state index in [-0.39, 0.29) is 17.2 Å². The summed E-state index contributed by atoms with van der Waals surface area (Å²) in [6, 6.07) is 4.21. The Morgan fingerprint density at radius 2 is 1.90 bits per heavy atom. The molecular formula is C21H31ClN4OS2. The van der Waals surface area contributed by atoms with Crippen molar-refractivity contribution in [1.29, 1.82) is 0 Å². The Morgan fingerprint density at radius 1 is 1.17 bits per heavy atom. The highest BCUT2D eigenvalue weighted by Gasteiger charge is 2.43. The van der Waals surface area contributed by atoms with Crippen molar-refractivity contribution >= 4 is 57.3 Å². The molecule has 0 spiro atoms. The molecule has 0 radical (unpaired) electrons. The molecule has 4 rings (SSSR count). The van der Waals surface area contributed by atoms with Crippen molar-refractivity contribution < 1.29 is 4.79 Å². The van der Waals surface area contributed by atoms with Crippen LogP contribution >= 0.6 is 35.5 Å². The SMILES string of the molecule is CC1SC(C)(C)C(=O)N1CCCCN1CCN(c2csc3ncccc23)CC1.Cl. The molecule has 2 fully saturated rings. The summed E-state index contributed by atoms with van der Waals surface area (Å²) in [5, 5.41) is 3.84. The van der Waals surface area contributed by atoms with E-state index in [2.05, 4.69) is 38.1 Å². The van der Waals surface area contributed by atoms with E-state index in [0.717, 1.165) is 56.9 Å². The van der Waals surface area contributed by atoms with Crippen LogP contribution in [-0.2, 0) is 4.79 Å². The Bertz CT molecular complexity index is 835. The van der Waals surface area contributed by atoms with Crippen LogP contribution in [-0.4, -0.2) is 70.1 Å². The van der Waals surface area contributed by atoms with Gasteiger partial charge in [-0.2, -0.15) is 0 Å². The molecule has 1 amide bonds. The number of unbranched alkanes of at least 4 members (excludes halogenated alkanes) is 1. The molecule has 5 nitrogen and oxygen atoms in total. The molecule has 0 aromatic carbocycles. The van der Waals surface area contributed by atoms with Crippen molar-refractivity contribution in [2.45, 2.75) is 43.7 Å². The number of halogens is 1. The molecule has 8 heteroatoms. The second-order valence-corrected chi connectivity index (χ2v) is 11.0. The Hall–Kier alpha value is -1.02. The van der Waals surface area contributed by atoms with Crippen LogP contribution in [0.25, 0.3) is 10.2 Å². The second kappa shape index (κ2) is 9.41. The fourth-order valence-electron chi connectivity index (χ4n) is 4.26. The molecule has 2 aliphatic heterocycles. The number of anilines is 1. The third kappa shape index (κ3) is 4.84. The van der Waals surface area contributed by atoms with Gasteiger partial charge in [-0.05, 0) is 52.3 Å². The number of carbonyl (C=O) groups is 1. The number of hydrogen-bond donors (Lipinski definition) is 0. The van der Waals surface area contributed by atoms with E-state index in [4.69, 9.17) is 0 Å². The molecular weight excluding hydrogens is 424 g/mol. The molecule has 0 N–H and O–H groups in total. The summed E-state index contributed by atoms with van der Waals surface area (Å²) in [7, 11) is 0. The predicted octanol–water partition coefficient (Wildman–Crippen LogP) is 4.32. The van der Waals surface area contributed by atoms with E-state index in [1.54, 1.807) is 23.1 Å². The topological polar surface area (TPSA) is 39.7 Å². The number of thiophene rings is 1. The number of amides is 1. The van der Waals surface area contributed by atoms with Gasteiger partial charge in [0.1, 0.15) is 4.83 Å². The standard InChI is InChI=1S/C21H30N4OS2.ClH/c1-16-25(20(26)21(2,3)28-16)10-5-4-9-23-11-13-24(14-12-23)18-15-27-19-17(18)7-6-8-22-19;/h6-8,15-16H,4-5,9-14H2,1-3H3;1H. The van der Waals surface area contributed by atoms with Crippen LogP contribution in [0.2, 0.25) is 0 Å². The minimum absolute atomic E-state index is 0. The third-order valence-electron chi connectivity index (χ3n) is 5.85. The van der Waals surface area contributed by atoms with E-state index in [1.807, 2.05) is 26.1 Å². The highest BCUT2D eigenvalue weighted by molar-refractivity contribution is 8.02. The molecule has 0 bridgehead atoms. The summed E-state index contributed by atoms with van der Waals surface area (Å²) in [5.41, 5.74) is 1.34. The maximum atomic E-state index is 12.5. The van der Waals surface area contributed by atoms with Gasteiger partial charge in [0.15, 0.2) is 0 Å². The number of rotatable bonds is 6. The first kappa shape index (κ1) is 22.7. The van der Waals surface area contributed by atoms with Gasteiger partial charge >= 0.3 is 0 Å². The summed E-state index contributed by atoms with van der Waals surface area (Å²) >= 11 is 3.52. The molecule has 2 aromatic heterocycles. The van der Waals surface area contributed by atoms with Crippen LogP contribution in [0.1, 0.15) is 33.6 Å². The van der Waals surface area contributed by atoms with Crippen molar-refractivity contribution in [2.75, 3.05) is 44.2 Å². The fourth-order valence-corrected chi connectivity index (χ4v) is 6.58. The normalized spacial score (nSPS) is 22.3. The van der Waals surface area contributed by atoms with Gasteiger partial charge in [0.2, 0.25) is 5.91 Å². The van der Waals surface area contributed by atoms with Gasteiger partial charge in [0.05, 0.1) is 15.8 Å². The molecule has 2 aromatic rings. The highest BCUT2D eigenvalue weighted by atomic mass is 35.5. The lowest BCUT2D eigenvalue weighted by molar-refractivity contribution is -0.131. The largest absolute Gasteiger partial charge is 0.368 e. The maximum absolute atomic E-state index is 12.5. The third-order valence-corrected chi connectivity index (χ3v) is 8.09. The zero-order valence-electron chi connectivity index (χ0n) is 17.5. The van der Waals surface area contributed by atoms with Crippen LogP contribution in [0.5, 0.6) is 0 Å². The van der Waals surface area contributed by atoms with Gasteiger partial charge in [-0.1, -0.05) is 0 Å². The first-order valence-corrected chi connectivity index (χ1v) is 12.0. The minimum Gasteiger partial charge on any atom is -0.368 e. The fraction of sp³-hybridized carbons (Fsp3) is 0.619. The molecule has 29 heavy (non-hydrogen) atoms. The van der Waals surface area contributed by atoms with Gasteiger partial charge < -0.3 is 9.80 Å². The lowest BCUT2D eigenvalue weighted by atomic mass is 10.1. The quantitative estimate of drug-likeness (QED) is 0.608. The van der Waals surface area contributed by atoms with Gasteiger partial charge in [-0.15, -0.1) is 35.5 Å². The van der Waals surface area contributed by atoms with Crippen molar-refractivity contribution in [3.8, 4) is 0 Å². The van der Waals surface area contributed by atoms with Crippen molar-refractivity contribution in [3.63, 3.8) is 0 Å². The van der Waals surface area contributed by atoms with Crippen LogP contribution in [0, 0.1) is 0 Å². The first-order valence-electron chi connectivity index (χ1n) is 10.2. The number of aromatic nitrogens is 1. The molecule has 1 unspecified atom stereocenters. The number of thioether (sulfide) groups is 1. The van der Waals surface area contributed by atoms with E-state index in [0.29, 0.717) is 11.3 Å². The summed E-state index contributed by atoms with van der Waals surface area (Å²) in [6.45, 7) is 12.6. The number of hydrogen-bond acceptors (Lipinski definition) is 6. The van der Waals surface area contributed by atoms with Crippen LogP contribution in [0.15, 0.2) is 23.7 Å². The minimum atomic E-state index is -0.253. The Labute approximate surface area is 188 Å².